The second-order valence-electron chi connectivity index (χ2n) is 4.67. The Labute approximate surface area is 105 Å². The maximum Gasteiger partial charge on any atom is 0.201 e. The molecule has 2 nitrogen and oxygen atoms in total. The van der Waals surface area contributed by atoms with Gasteiger partial charge in [-0.25, -0.2) is 4.39 Å². The summed E-state index contributed by atoms with van der Waals surface area (Å²) in [5, 5.41) is 8.57. The summed E-state index contributed by atoms with van der Waals surface area (Å²) in [5.41, 5.74) is -0.294. The lowest BCUT2D eigenvalue weighted by Crippen LogP contribution is -2.16. The van der Waals surface area contributed by atoms with Gasteiger partial charge in [0, 0.05) is 0 Å². The molecule has 0 radical (unpaired) electrons. The van der Waals surface area contributed by atoms with Crippen molar-refractivity contribution in [1.82, 2.24) is 0 Å². The van der Waals surface area contributed by atoms with Crippen LogP contribution in [0, 0.1) is 28.9 Å². The van der Waals surface area contributed by atoms with Crippen molar-refractivity contribution >= 4 is 0 Å². The van der Waals surface area contributed by atoms with Gasteiger partial charge in [0.2, 0.25) is 5.82 Å². The molecule has 1 aromatic carbocycles. The van der Waals surface area contributed by atoms with Crippen LogP contribution in [0.1, 0.15) is 37.7 Å². The summed E-state index contributed by atoms with van der Waals surface area (Å²) in [5.74, 6) is -1.86. The molecule has 0 aromatic heterocycles. The number of halogens is 2. The molecule has 0 saturated heterocycles. The molecule has 0 heterocycles. The van der Waals surface area contributed by atoms with E-state index in [4.69, 9.17) is 10.00 Å². The van der Waals surface area contributed by atoms with Gasteiger partial charge in [-0.15, -0.1) is 0 Å². The Morgan fingerprint density at radius 2 is 1.89 bits per heavy atom. The van der Waals surface area contributed by atoms with Gasteiger partial charge in [0.25, 0.3) is 0 Å². The molecular weight excluding hydrogens is 236 g/mol. The molecule has 0 N–H and O–H groups in total. The smallest absolute Gasteiger partial charge is 0.201 e. The predicted octanol–water partition coefficient (Wildman–Crippen LogP) is 3.80. The zero-order chi connectivity index (χ0) is 13.0. The number of ether oxygens (including phenoxy) is 1. The minimum Gasteiger partial charge on any atom is -0.490 e. The molecule has 96 valence electrons. The first-order chi connectivity index (χ1) is 8.72. The molecule has 2 rings (SSSR count). The van der Waals surface area contributed by atoms with Crippen LogP contribution in [-0.2, 0) is 0 Å². The SMILES string of the molecule is N#Cc1ccc(OCC2CCCCC2)c(F)c1F. The van der Waals surface area contributed by atoms with Crippen LogP contribution >= 0.6 is 0 Å². The first-order valence-corrected chi connectivity index (χ1v) is 6.23. The van der Waals surface area contributed by atoms with Gasteiger partial charge in [-0.3, -0.25) is 0 Å². The number of nitrogens with zero attached hydrogens (tertiary/aromatic N) is 1. The summed E-state index contributed by atoms with van der Waals surface area (Å²) < 4.78 is 32.2. The van der Waals surface area contributed by atoms with Crippen LogP contribution in [0.25, 0.3) is 0 Å². The fourth-order valence-electron chi connectivity index (χ4n) is 2.29. The number of hydrogen-bond acceptors (Lipinski definition) is 2. The monoisotopic (exact) mass is 251 g/mol. The van der Waals surface area contributed by atoms with E-state index in [1.54, 1.807) is 6.07 Å². The van der Waals surface area contributed by atoms with Crippen LogP contribution in [0.15, 0.2) is 12.1 Å². The zero-order valence-electron chi connectivity index (χ0n) is 10.1. The van der Waals surface area contributed by atoms with E-state index in [0.717, 1.165) is 12.8 Å². The number of nitriles is 1. The van der Waals surface area contributed by atoms with E-state index in [1.165, 1.54) is 31.4 Å². The molecule has 0 amide bonds. The third kappa shape index (κ3) is 2.79. The molecule has 4 heteroatoms. The van der Waals surface area contributed by atoms with E-state index in [1.807, 2.05) is 0 Å². The van der Waals surface area contributed by atoms with Crippen molar-refractivity contribution in [2.45, 2.75) is 32.1 Å². The summed E-state index contributed by atoms with van der Waals surface area (Å²) in [7, 11) is 0. The molecule has 0 spiro atoms. The van der Waals surface area contributed by atoms with Crippen LogP contribution in [-0.4, -0.2) is 6.61 Å². The van der Waals surface area contributed by atoms with Crippen molar-refractivity contribution in [3.8, 4) is 11.8 Å². The van der Waals surface area contributed by atoms with Crippen LogP contribution in [0.5, 0.6) is 5.75 Å². The predicted molar refractivity (Wildman–Crippen MR) is 63.1 cm³/mol. The van der Waals surface area contributed by atoms with Crippen molar-refractivity contribution in [3.05, 3.63) is 29.3 Å². The highest BCUT2D eigenvalue weighted by atomic mass is 19.2. The van der Waals surface area contributed by atoms with E-state index in [2.05, 4.69) is 0 Å². The summed E-state index contributed by atoms with van der Waals surface area (Å²) in [6, 6.07) is 4.16. The maximum absolute atomic E-state index is 13.6. The standard InChI is InChI=1S/C14H15F2NO/c15-13-11(8-17)6-7-12(14(13)16)18-9-10-4-2-1-3-5-10/h6-7,10H,1-5,9H2. The lowest BCUT2D eigenvalue weighted by molar-refractivity contribution is 0.200. The average molecular weight is 251 g/mol. The average Bonchev–Trinajstić information content (AvgIpc) is 2.42. The third-order valence-corrected chi connectivity index (χ3v) is 3.37. The lowest BCUT2D eigenvalue weighted by atomic mass is 9.90. The fraction of sp³-hybridized carbons (Fsp3) is 0.500. The minimum absolute atomic E-state index is 0.0999. The second-order valence-corrected chi connectivity index (χ2v) is 4.67. The topological polar surface area (TPSA) is 33.0 Å². The van der Waals surface area contributed by atoms with Crippen molar-refractivity contribution in [2.24, 2.45) is 5.92 Å². The van der Waals surface area contributed by atoms with Gasteiger partial charge in [0.15, 0.2) is 11.6 Å². The maximum atomic E-state index is 13.6. The van der Waals surface area contributed by atoms with E-state index >= 15 is 0 Å². The zero-order valence-corrected chi connectivity index (χ0v) is 10.1. The number of rotatable bonds is 3. The molecule has 1 fully saturated rings. The summed E-state index contributed by atoms with van der Waals surface area (Å²) in [6.45, 7) is 0.419. The quantitative estimate of drug-likeness (QED) is 0.818. The first kappa shape index (κ1) is 12.8. The van der Waals surface area contributed by atoms with Crippen LogP contribution in [0.4, 0.5) is 8.78 Å². The van der Waals surface area contributed by atoms with Gasteiger partial charge >= 0.3 is 0 Å². The Bertz CT molecular complexity index is 462. The highest BCUT2D eigenvalue weighted by Gasteiger charge is 2.17. The molecular formula is C14H15F2NO. The van der Waals surface area contributed by atoms with E-state index in [9.17, 15) is 8.78 Å². The largest absolute Gasteiger partial charge is 0.490 e. The van der Waals surface area contributed by atoms with Gasteiger partial charge in [0.1, 0.15) is 6.07 Å². The Kier molecular flexibility index (Phi) is 4.14. The van der Waals surface area contributed by atoms with E-state index < -0.39 is 11.6 Å². The summed E-state index contributed by atoms with van der Waals surface area (Å²) >= 11 is 0. The summed E-state index contributed by atoms with van der Waals surface area (Å²) in [4.78, 5) is 0. The molecule has 0 aliphatic heterocycles. The van der Waals surface area contributed by atoms with Gasteiger partial charge in [-0.1, -0.05) is 19.3 Å². The minimum atomic E-state index is -1.13. The molecule has 0 bridgehead atoms. The Balaban J connectivity index is 2.01. The van der Waals surface area contributed by atoms with Crippen molar-refractivity contribution in [2.75, 3.05) is 6.61 Å². The van der Waals surface area contributed by atoms with Gasteiger partial charge in [0.05, 0.1) is 12.2 Å². The number of hydrogen-bond donors (Lipinski definition) is 0. The third-order valence-electron chi connectivity index (χ3n) is 3.37. The van der Waals surface area contributed by atoms with E-state index in [-0.39, 0.29) is 11.3 Å². The van der Waals surface area contributed by atoms with Crippen molar-refractivity contribution < 1.29 is 13.5 Å². The molecule has 0 atom stereocenters. The highest BCUT2D eigenvalue weighted by Crippen LogP contribution is 2.27. The first-order valence-electron chi connectivity index (χ1n) is 6.23. The molecule has 1 aliphatic carbocycles. The summed E-state index contributed by atoms with van der Waals surface area (Å²) in [6.07, 6.45) is 5.77. The normalized spacial score (nSPS) is 16.3. The molecule has 0 unspecified atom stereocenters. The van der Waals surface area contributed by atoms with Crippen LogP contribution < -0.4 is 4.74 Å². The molecule has 1 aromatic rings. The number of benzene rings is 1. The lowest BCUT2D eigenvalue weighted by Gasteiger charge is -2.21. The molecule has 18 heavy (non-hydrogen) atoms. The second kappa shape index (κ2) is 5.81. The highest BCUT2D eigenvalue weighted by molar-refractivity contribution is 5.37. The molecule has 1 aliphatic rings. The van der Waals surface area contributed by atoms with E-state index in [0.29, 0.717) is 12.5 Å². The van der Waals surface area contributed by atoms with Gasteiger partial charge in [-0.2, -0.15) is 9.65 Å². The van der Waals surface area contributed by atoms with Crippen LogP contribution in [0.3, 0.4) is 0 Å². The van der Waals surface area contributed by atoms with Gasteiger partial charge in [-0.05, 0) is 30.9 Å². The van der Waals surface area contributed by atoms with Crippen molar-refractivity contribution in [3.63, 3.8) is 0 Å². The van der Waals surface area contributed by atoms with Gasteiger partial charge < -0.3 is 4.74 Å². The van der Waals surface area contributed by atoms with Crippen molar-refractivity contribution in [1.29, 1.82) is 5.26 Å². The Morgan fingerprint density at radius 1 is 1.17 bits per heavy atom. The molecule has 1 saturated carbocycles. The fourth-order valence-corrected chi connectivity index (χ4v) is 2.29. The Hall–Kier alpha value is -1.63. The Morgan fingerprint density at radius 3 is 2.56 bits per heavy atom. The van der Waals surface area contributed by atoms with Crippen LogP contribution in [0.2, 0.25) is 0 Å².